The summed E-state index contributed by atoms with van der Waals surface area (Å²) in [4.78, 5) is 49.0. The summed E-state index contributed by atoms with van der Waals surface area (Å²) in [5, 5.41) is 14.5. The summed E-state index contributed by atoms with van der Waals surface area (Å²) in [6.45, 7) is 3.36. The molecule has 34 heavy (non-hydrogen) atoms. The number of rotatable bonds is 12. The minimum absolute atomic E-state index is 0.0150. The van der Waals surface area contributed by atoms with Crippen molar-refractivity contribution in [2.24, 2.45) is 5.92 Å². The number of nitrogens with one attached hydrogen (secondary N) is 2. The Bertz CT molecular complexity index is 950. The number of hydrogen-bond acceptors (Lipinski definition) is 6. The maximum atomic E-state index is 13.0. The van der Waals surface area contributed by atoms with Crippen LogP contribution < -0.4 is 10.6 Å². The molecule has 0 heterocycles. The van der Waals surface area contributed by atoms with E-state index < -0.39 is 41.9 Å². The van der Waals surface area contributed by atoms with Crippen molar-refractivity contribution in [2.75, 3.05) is 6.61 Å². The highest BCUT2D eigenvalue weighted by Gasteiger charge is 2.30. The number of amides is 2. The molecule has 0 saturated carbocycles. The number of carbonyl (C=O) groups excluding carboxylic acids is 3. The third-order valence-electron chi connectivity index (χ3n) is 5.00. The average molecular weight is 471 g/mol. The smallest absolute Gasteiger partial charge is 0.408 e. The highest BCUT2D eigenvalue weighted by molar-refractivity contribution is 5.89. The Balaban J connectivity index is 2.08. The van der Waals surface area contributed by atoms with Gasteiger partial charge in [0.05, 0.1) is 12.5 Å². The van der Waals surface area contributed by atoms with Crippen molar-refractivity contribution in [3.63, 3.8) is 0 Å². The third-order valence-corrected chi connectivity index (χ3v) is 5.00. The second-order valence-electron chi connectivity index (χ2n) is 7.74. The van der Waals surface area contributed by atoms with Crippen LogP contribution in [0.5, 0.6) is 0 Å². The van der Waals surface area contributed by atoms with E-state index in [1.54, 1.807) is 43.3 Å². The molecule has 0 fully saturated rings. The van der Waals surface area contributed by atoms with Crippen molar-refractivity contribution in [1.82, 2.24) is 10.6 Å². The molecule has 0 aliphatic carbocycles. The Morgan fingerprint density at radius 2 is 1.44 bits per heavy atom. The average Bonchev–Trinajstić information content (AvgIpc) is 2.83. The van der Waals surface area contributed by atoms with Crippen LogP contribution in [-0.4, -0.2) is 47.7 Å². The lowest BCUT2D eigenvalue weighted by atomic mass is 10.0. The first-order valence-electron chi connectivity index (χ1n) is 11.0. The van der Waals surface area contributed by atoms with Gasteiger partial charge in [-0.2, -0.15) is 0 Å². The Morgan fingerprint density at radius 3 is 2.00 bits per heavy atom. The fourth-order valence-electron chi connectivity index (χ4n) is 3.19. The molecular formula is C25H30N2O7. The number of carbonyl (C=O) groups is 4. The molecule has 9 heteroatoms. The van der Waals surface area contributed by atoms with Crippen molar-refractivity contribution in [3.05, 3.63) is 71.8 Å². The van der Waals surface area contributed by atoms with Gasteiger partial charge in [0.15, 0.2) is 0 Å². The molecule has 2 aromatic rings. The fourth-order valence-corrected chi connectivity index (χ4v) is 3.19. The number of carboxylic acids is 1. The zero-order chi connectivity index (χ0) is 24.9. The van der Waals surface area contributed by atoms with E-state index in [0.29, 0.717) is 0 Å². The minimum atomic E-state index is -1.34. The zero-order valence-corrected chi connectivity index (χ0v) is 19.2. The summed E-state index contributed by atoms with van der Waals surface area (Å²) in [7, 11) is 0. The van der Waals surface area contributed by atoms with Crippen LogP contribution in [0.2, 0.25) is 0 Å². The van der Waals surface area contributed by atoms with Gasteiger partial charge in [-0.3, -0.25) is 9.59 Å². The topological polar surface area (TPSA) is 131 Å². The molecule has 0 unspecified atom stereocenters. The van der Waals surface area contributed by atoms with Gasteiger partial charge in [-0.25, -0.2) is 9.59 Å². The largest absolute Gasteiger partial charge is 0.480 e. The molecule has 3 N–H and O–H groups in total. The molecule has 0 saturated heterocycles. The number of ether oxygens (including phenoxy) is 2. The van der Waals surface area contributed by atoms with Gasteiger partial charge < -0.3 is 25.2 Å². The Morgan fingerprint density at radius 1 is 0.853 bits per heavy atom. The molecule has 0 spiro atoms. The minimum Gasteiger partial charge on any atom is -0.480 e. The van der Waals surface area contributed by atoms with Crippen LogP contribution in [0, 0.1) is 5.92 Å². The van der Waals surface area contributed by atoms with Gasteiger partial charge in [0.1, 0.15) is 18.7 Å². The molecule has 0 radical (unpaired) electrons. The van der Waals surface area contributed by atoms with E-state index in [1.807, 2.05) is 24.3 Å². The van der Waals surface area contributed by atoms with Crippen LogP contribution in [0.25, 0.3) is 0 Å². The van der Waals surface area contributed by atoms with E-state index in [0.717, 1.165) is 11.1 Å². The van der Waals surface area contributed by atoms with Crippen molar-refractivity contribution in [3.8, 4) is 0 Å². The quantitative estimate of drug-likeness (QED) is 0.407. The molecule has 2 amide bonds. The van der Waals surface area contributed by atoms with Crippen LogP contribution in [0.1, 0.15) is 31.4 Å². The van der Waals surface area contributed by atoms with Crippen LogP contribution in [0.3, 0.4) is 0 Å². The van der Waals surface area contributed by atoms with Gasteiger partial charge in [0.25, 0.3) is 0 Å². The first-order valence-corrected chi connectivity index (χ1v) is 11.0. The van der Waals surface area contributed by atoms with Gasteiger partial charge in [-0.05, 0) is 24.5 Å². The van der Waals surface area contributed by atoms with E-state index >= 15 is 0 Å². The summed E-state index contributed by atoms with van der Waals surface area (Å²) in [6.07, 6.45) is -0.852. The lowest BCUT2D eigenvalue weighted by molar-refractivity contribution is -0.149. The van der Waals surface area contributed by atoms with E-state index in [9.17, 15) is 24.3 Å². The van der Waals surface area contributed by atoms with Gasteiger partial charge in [-0.15, -0.1) is 0 Å². The van der Waals surface area contributed by atoms with Crippen molar-refractivity contribution >= 4 is 23.9 Å². The molecule has 0 aromatic heterocycles. The van der Waals surface area contributed by atoms with Crippen LogP contribution in [-0.2, 0) is 36.9 Å². The standard InChI is InChI=1S/C25H30N2O7/c1-3-33-24(31)17(2)14-21(23(29)30)26-22(28)20(15-18-10-6-4-7-11-18)27-25(32)34-16-19-12-8-5-9-13-19/h4-13,17,20-21H,3,14-16H2,1-2H3,(H,26,28)(H,27,32)(H,29,30)/t17-,20-,21+/m1/s1. The third kappa shape index (κ3) is 8.93. The molecular weight excluding hydrogens is 440 g/mol. The number of benzene rings is 2. The molecule has 3 atom stereocenters. The normalized spacial score (nSPS) is 13.1. The molecule has 2 rings (SSSR count). The van der Waals surface area contributed by atoms with E-state index in [1.165, 1.54) is 6.92 Å². The van der Waals surface area contributed by atoms with Crippen molar-refractivity contribution in [1.29, 1.82) is 0 Å². The Kier molecular flexibility index (Phi) is 10.6. The second kappa shape index (κ2) is 13.6. The number of esters is 1. The first-order chi connectivity index (χ1) is 16.3. The van der Waals surface area contributed by atoms with E-state index in [-0.39, 0.29) is 26.1 Å². The number of alkyl carbamates (subject to hydrolysis) is 1. The van der Waals surface area contributed by atoms with E-state index in [4.69, 9.17) is 9.47 Å². The second-order valence-corrected chi connectivity index (χ2v) is 7.74. The molecule has 0 aliphatic rings. The Labute approximate surface area is 198 Å². The molecule has 182 valence electrons. The summed E-state index contributed by atoms with van der Waals surface area (Å²) < 4.78 is 10.1. The number of hydrogen-bond donors (Lipinski definition) is 3. The number of carboxylic acid groups (broad SMARTS) is 1. The number of aliphatic carboxylic acids is 1. The summed E-state index contributed by atoms with van der Waals surface area (Å²) in [5.41, 5.74) is 1.54. The predicted octanol–water partition coefficient (Wildman–Crippen LogP) is 2.68. The summed E-state index contributed by atoms with van der Waals surface area (Å²) in [6, 6.07) is 15.6. The summed E-state index contributed by atoms with van der Waals surface area (Å²) in [5.74, 6) is -3.29. The first kappa shape index (κ1) is 26.4. The van der Waals surface area contributed by atoms with Gasteiger partial charge in [0.2, 0.25) is 5.91 Å². The highest BCUT2D eigenvalue weighted by Crippen LogP contribution is 2.11. The molecule has 0 bridgehead atoms. The lowest BCUT2D eigenvalue weighted by Crippen LogP contribution is -2.53. The maximum Gasteiger partial charge on any atom is 0.408 e. The van der Waals surface area contributed by atoms with Crippen molar-refractivity contribution < 1.29 is 33.8 Å². The van der Waals surface area contributed by atoms with Gasteiger partial charge in [-0.1, -0.05) is 67.6 Å². The SMILES string of the molecule is CCOC(=O)[C@H](C)C[C@H](NC(=O)[C@@H](Cc1ccccc1)NC(=O)OCc1ccccc1)C(=O)O. The van der Waals surface area contributed by atoms with Crippen molar-refractivity contribution in [2.45, 2.75) is 45.4 Å². The summed E-state index contributed by atoms with van der Waals surface area (Å²) >= 11 is 0. The van der Waals surface area contributed by atoms with Gasteiger partial charge >= 0.3 is 18.0 Å². The van der Waals surface area contributed by atoms with Gasteiger partial charge in [0, 0.05) is 6.42 Å². The maximum absolute atomic E-state index is 13.0. The lowest BCUT2D eigenvalue weighted by Gasteiger charge is -2.23. The Hall–Kier alpha value is -3.88. The molecule has 9 nitrogen and oxygen atoms in total. The van der Waals surface area contributed by atoms with Crippen LogP contribution in [0.15, 0.2) is 60.7 Å². The fraction of sp³-hybridized carbons (Fsp3) is 0.360. The monoisotopic (exact) mass is 470 g/mol. The highest BCUT2D eigenvalue weighted by atomic mass is 16.5. The predicted molar refractivity (Wildman–Crippen MR) is 124 cm³/mol. The molecule has 0 aliphatic heterocycles. The van der Waals surface area contributed by atoms with Crippen LogP contribution >= 0.6 is 0 Å². The zero-order valence-electron chi connectivity index (χ0n) is 19.2. The molecule has 2 aromatic carbocycles. The van der Waals surface area contributed by atoms with E-state index in [2.05, 4.69) is 10.6 Å². The van der Waals surface area contributed by atoms with Crippen LogP contribution in [0.4, 0.5) is 4.79 Å².